The molecule has 0 atom stereocenters. The molecular weight excluding hydrogens is 527 g/mol. The number of piperidine rings is 1. The zero-order valence-electron chi connectivity index (χ0n) is 21.9. The number of fused-ring (bicyclic) bond motifs is 1. The summed E-state index contributed by atoms with van der Waals surface area (Å²) in [6.07, 6.45) is 3.06. The van der Waals surface area contributed by atoms with Gasteiger partial charge in [0.2, 0.25) is 0 Å². The Morgan fingerprint density at radius 1 is 0.825 bits per heavy atom. The fourth-order valence-electron chi connectivity index (χ4n) is 5.59. The van der Waals surface area contributed by atoms with Crippen molar-refractivity contribution >= 4 is 21.6 Å². The van der Waals surface area contributed by atoms with E-state index in [0.717, 1.165) is 28.2 Å². The normalized spacial score (nSPS) is 16.0. The van der Waals surface area contributed by atoms with E-state index < -0.39 is 20.9 Å². The molecule has 0 radical (unpaired) electrons. The van der Waals surface area contributed by atoms with E-state index in [2.05, 4.69) is 14.9 Å². The number of anilines is 1. The van der Waals surface area contributed by atoms with Crippen molar-refractivity contribution in [2.24, 2.45) is 0 Å². The minimum Gasteiger partial charge on any atom is -0.356 e. The Morgan fingerprint density at radius 2 is 1.50 bits per heavy atom. The third-order valence-corrected chi connectivity index (χ3v) is 10.1. The number of nitrogens with zero attached hydrogens (tertiary/aromatic N) is 4. The Hall–Kier alpha value is -4.11. The maximum absolute atomic E-state index is 13.4. The van der Waals surface area contributed by atoms with Crippen molar-refractivity contribution in [1.29, 1.82) is 0 Å². The lowest BCUT2D eigenvalue weighted by Gasteiger charge is -2.36. The molecule has 204 valence electrons. The molecule has 0 bridgehead atoms. The minimum absolute atomic E-state index is 0.0378. The molecule has 9 heteroatoms. The van der Waals surface area contributed by atoms with Crippen LogP contribution in [0.4, 0.5) is 10.2 Å². The molecule has 7 nitrogen and oxygen atoms in total. The fourth-order valence-corrected chi connectivity index (χ4v) is 7.32. The molecule has 1 fully saturated rings. The van der Waals surface area contributed by atoms with Gasteiger partial charge in [0.15, 0.2) is 9.84 Å². The van der Waals surface area contributed by atoms with Crippen LogP contribution in [0.3, 0.4) is 0 Å². The number of aromatic nitrogens is 2. The number of amides is 1. The molecule has 0 saturated carbocycles. The largest absolute Gasteiger partial charge is 0.356 e. The molecule has 1 saturated heterocycles. The summed E-state index contributed by atoms with van der Waals surface area (Å²) in [6, 6.07) is 22.8. The van der Waals surface area contributed by atoms with Crippen LogP contribution in [-0.2, 0) is 22.8 Å². The highest BCUT2D eigenvalue weighted by atomic mass is 32.2. The van der Waals surface area contributed by atoms with Crippen molar-refractivity contribution in [3.63, 3.8) is 0 Å². The van der Waals surface area contributed by atoms with Gasteiger partial charge in [-0.25, -0.2) is 22.8 Å². The van der Waals surface area contributed by atoms with Gasteiger partial charge in [-0.15, -0.1) is 0 Å². The van der Waals surface area contributed by atoms with Crippen LogP contribution in [0.15, 0.2) is 90.1 Å². The topological polar surface area (TPSA) is 83.5 Å². The first-order valence-corrected chi connectivity index (χ1v) is 15.0. The maximum atomic E-state index is 13.4. The standard InChI is InChI=1S/C31H29FN4O3S/c32-25-10-12-26(13-11-25)40(38,39)27-14-17-35(18-15-27)30-28-20-36(19-16-29(28)33-21-34-30)31(37)24-8-6-23(7-9-24)22-4-2-1-3-5-22/h1-13,21,27H,14-20H2. The van der Waals surface area contributed by atoms with Gasteiger partial charge in [0.25, 0.3) is 5.91 Å². The first-order chi connectivity index (χ1) is 19.4. The minimum atomic E-state index is -3.55. The number of halogens is 1. The average Bonchev–Trinajstić information content (AvgIpc) is 3.01. The number of carbonyl (C=O) groups excluding carboxylic acids is 1. The van der Waals surface area contributed by atoms with E-state index >= 15 is 0 Å². The molecule has 0 aliphatic carbocycles. The molecule has 0 N–H and O–H groups in total. The molecule has 6 rings (SSSR count). The van der Waals surface area contributed by atoms with Crippen LogP contribution in [0.5, 0.6) is 0 Å². The van der Waals surface area contributed by atoms with Crippen molar-refractivity contribution in [2.75, 3.05) is 24.5 Å². The quantitative estimate of drug-likeness (QED) is 0.325. The van der Waals surface area contributed by atoms with Gasteiger partial charge in [-0.3, -0.25) is 4.79 Å². The summed E-state index contributed by atoms with van der Waals surface area (Å²) in [5, 5.41) is -0.538. The van der Waals surface area contributed by atoms with Crippen LogP contribution >= 0.6 is 0 Å². The van der Waals surface area contributed by atoms with E-state index in [0.29, 0.717) is 51.0 Å². The molecular formula is C31H29FN4O3S. The number of benzene rings is 3. The lowest BCUT2D eigenvalue weighted by Crippen LogP contribution is -2.42. The third kappa shape index (κ3) is 5.09. The Kier molecular flexibility index (Phi) is 7.06. The van der Waals surface area contributed by atoms with Crippen LogP contribution in [0.1, 0.15) is 34.5 Å². The van der Waals surface area contributed by atoms with Crippen molar-refractivity contribution in [3.8, 4) is 11.1 Å². The number of hydrogen-bond acceptors (Lipinski definition) is 6. The summed E-state index contributed by atoms with van der Waals surface area (Å²) in [7, 11) is -3.55. The predicted octanol–water partition coefficient (Wildman–Crippen LogP) is 4.92. The van der Waals surface area contributed by atoms with Gasteiger partial charge in [-0.1, -0.05) is 42.5 Å². The molecule has 40 heavy (non-hydrogen) atoms. The second-order valence-corrected chi connectivity index (χ2v) is 12.5. The van der Waals surface area contributed by atoms with Gasteiger partial charge in [0.1, 0.15) is 18.0 Å². The Morgan fingerprint density at radius 3 is 2.20 bits per heavy atom. The summed E-state index contributed by atoms with van der Waals surface area (Å²) in [4.78, 5) is 26.6. The van der Waals surface area contributed by atoms with E-state index in [1.54, 1.807) is 6.33 Å². The molecule has 1 aromatic heterocycles. The van der Waals surface area contributed by atoms with Gasteiger partial charge in [0, 0.05) is 37.2 Å². The molecule has 3 aromatic carbocycles. The van der Waals surface area contributed by atoms with Gasteiger partial charge >= 0.3 is 0 Å². The molecule has 4 aromatic rings. The van der Waals surface area contributed by atoms with Crippen molar-refractivity contribution in [3.05, 3.63) is 108 Å². The lowest BCUT2D eigenvalue weighted by atomic mass is 10.0. The van der Waals surface area contributed by atoms with Crippen LogP contribution in [0.2, 0.25) is 0 Å². The summed E-state index contributed by atoms with van der Waals surface area (Å²) in [6.45, 7) is 2.01. The van der Waals surface area contributed by atoms with Gasteiger partial charge in [-0.05, 0) is 60.4 Å². The molecule has 0 spiro atoms. The van der Waals surface area contributed by atoms with Crippen molar-refractivity contribution < 1.29 is 17.6 Å². The third-order valence-electron chi connectivity index (χ3n) is 7.83. The van der Waals surface area contributed by atoms with Crippen molar-refractivity contribution in [2.45, 2.75) is 36.0 Å². The molecule has 0 unspecified atom stereocenters. The number of carbonyl (C=O) groups is 1. The fraction of sp³-hybridized carbons (Fsp3) is 0.258. The number of sulfone groups is 1. The van der Waals surface area contributed by atoms with E-state index in [9.17, 15) is 17.6 Å². The molecule has 2 aliphatic rings. The van der Waals surface area contributed by atoms with Crippen molar-refractivity contribution in [1.82, 2.24) is 14.9 Å². The van der Waals surface area contributed by atoms with Crippen LogP contribution in [0, 0.1) is 5.82 Å². The number of rotatable bonds is 5. The monoisotopic (exact) mass is 556 g/mol. The maximum Gasteiger partial charge on any atom is 0.254 e. The summed E-state index contributed by atoms with van der Waals surface area (Å²) in [5.41, 5.74) is 4.64. The Labute approximate surface area is 233 Å². The van der Waals surface area contributed by atoms with Gasteiger partial charge < -0.3 is 9.80 Å². The first kappa shape index (κ1) is 26.1. The summed E-state index contributed by atoms with van der Waals surface area (Å²) in [5.74, 6) is 0.266. The van der Waals surface area contributed by atoms with E-state index in [1.165, 1.54) is 24.3 Å². The summed E-state index contributed by atoms with van der Waals surface area (Å²) >= 11 is 0. The zero-order chi connectivity index (χ0) is 27.7. The predicted molar refractivity (Wildman–Crippen MR) is 151 cm³/mol. The molecule has 1 amide bonds. The smallest absolute Gasteiger partial charge is 0.254 e. The van der Waals surface area contributed by atoms with Crippen LogP contribution in [-0.4, -0.2) is 54.1 Å². The highest BCUT2D eigenvalue weighted by Crippen LogP contribution is 2.31. The SMILES string of the molecule is O=C(c1ccc(-c2ccccc2)cc1)N1CCc2ncnc(N3CCC(S(=O)(=O)c4ccc(F)cc4)CC3)c2C1. The summed E-state index contributed by atoms with van der Waals surface area (Å²) < 4.78 is 39.5. The highest BCUT2D eigenvalue weighted by molar-refractivity contribution is 7.92. The van der Waals surface area contributed by atoms with E-state index in [4.69, 9.17) is 0 Å². The van der Waals surface area contributed by atoms with Gasteiger partial charge in [-0.2, -0.15) is 0 Å². The molecule has 2 aliphatic heterocycles. The highest BCUT2D eigenvalue weighted by Gasteiger charge is 2.34. The Balaban J connectivity index is 1.16. The molecule has 3 heterocycles. The van der Waals surface area contributed by atoms with Gasteiger partial charge in [0.05, 0.1) is 22.4 Å². The first-order valence-electron chi connectivity index (χ1n) is 13.4. The lowest BCUT2D eigenvalue weighted by molar-refractivity contribution is 0.0733. The van der Waals surface area contributed by atoms with Crippen LogP contribution < -0.4 is 4.90 Å². The van der Waals surface area contributed by atoms with E-state index in [1.807, 2.05) is 59.5 Å². The second-order valence-electron chi connectivity index (χ2n) is 10.2. The van der Waals surface area contributed by atoms with E-state index in [-0.39, 0.29) is 10.8 Å². The average molecular weight is 557 g/mol. The van der Waals surface area contributed by atoms with Crippen LogP contribution in [0.25, 0.3) is 11.1 Å². The Bertz CT molecular complexity index is 1620. The zero-order valence-corrected chi connectivity index (χ0v) is 22.7. The second kappa shape index (κ2) is 10.8. The number of hydrogen-bond donors (Lipinski definition) is 0.